The van der Waals surface area contributed by atoms with Crippen LogP contribution in [0.25, 0.3) is 0 Å². The number of hydrogen-bond acceptors (Lipinski definition) is 1. The van der Waals surface area contributed by atoms with E-state index >= 15 is 0 Å². The summed E-state index contributed by atoms with van der Waals surface area (Å²) in [5.41, 5.74) is 1.20. The molecule has 1 aliphatic rings. The highest BCUT2D eigenvalue weighted by Gasteiger charge is 2.33. The maximum atomic E-state index is 11.9. The molecule has 17 heavy (non-hydrogen) atoms. The minimum atomic E-state index is 0.0836. The third-order valence-electron chi connectivity index (χ3n) is 3.34. The minimum Gasteiger partial charge on any atom is -0.334 e. The normalized spacial score (nSPS) is 21.3. The second kappa shape index (κ2) is 5.05. The van der Waals surface area contributed by atoms with Crippen molar-refractivity contribution in [3.05, 3.63) is 35.9 Å². The fraction of sp³-hybridized carbons (Fsp3) is 0.400. The Labute approximate surface area is 103 Å². The summed E-state index contributed by atoms with van der Waals surface area (Å²) in [7, 11) is 0. The van der Waals surface area contributed by atoms with Crippen LogP contribution in [-0.2, 0) is 4.79 Å². The number of terminal acetylenes is 1. The third-order valence-corrected chi connectivity index (χ3v) is 3.34. The predicted molar refractivity (Wildman–Crippen MR) is 68.1 cm³/mol. The number of likely N-dealkylation sites (tertiary alicyclic amines) is 1. The molecule has 2 heteroatoms. The van der Waals surface area contributed by atoms with Crippen molar-refractivity contribution in [2.45, 2.75) is 25.8 Å². The fourth-order valence-electron chi connectivity index (χ4n) is 2.46. The average molecular weight is 227 g/mol. The lowest BCUT2D eigenvalue weighted by Gasteiger charge is -2.27. The van der Waals surface area contributed by atoms with Gasteiger partial charge in [0.2, 0.25) is 5.91 Å². The number of hydrogen-bond donors (Lipinski definition) is 0. The maximum absolute atomic E-state index is 11.9. The van der Waals surface area contributed by atoms with E-state index in [-0.39, 0.29) is 17.9 Å². The van der Waals surface area contributed by atoms with Gasteiger partial charge in [-0.15, -0.1) is 12.3 Å². The summed E-state index contributed by atoms with van der Waals surface area (Å²) < 4.78 is 0. The van der Waals surface area contributed by atoms with E-state index in [0.717, 1.165) is 6.42 Å². The van der Waals surface area contributed by atoms with E-state index < -0.39 is 0 Å². The number of amides is 1. The molecular formula is C15H17NO. The van der Waals surface area contributed by atoms with Crippen molar-refractivity contribution in [1.82, 2.24) is 4.90 Å². The molecule has 0 saturated carbocycles. The second-order valence-corrected chi connectivity index (χ2v) is 4.45. The van der Waals surface area contributed by atoms with Crippen molar-refractivity contribution in [3.8, 4) is 12.3 Å². The predicted octanol–water partition coefficient (Wildman–Crippen LogP) is 2.62. The Kier molecular flexibility index (Phi) is 3.49. The topological polar surface area (TPSA) is 20.3 Å². The number of carbonyl (C=O) groups excluding carboxylic acids is 1. The van der Waals surface area contributed by atoms with Crippen molar-refractivity contribution in [1.29, 1.82) is 0 Å². The van der Waals surface area contributed by atoms with E-state index in [4.69, 9.17) is 6.42 Å². The summed E-state index contributed by atoms with van der Waals surface area (Å²) >= 11 is 0. The molecule has 1 aliphatic heterocycles. The summed E-state index contributed by atoms with van der Waals surface area (Å²) in [6.45, 7) is 2.80. The Hall–Kier alpha value is -1.75. The lowest BCUT2D eigenvalue weighted by molar-refractivity contribution is -0.129. The fourth-order valence-corrected chi connectivity index (χ4v) is 2.46. The smallest absolute Gasteiger partial charge is 0.224 e. The van der Waals surface area contributed by atoms with Gasteiger partial charge < -0.3 is 4.90 Å². The Morgan fingerprint density at radius 3 is 2.71 bits per heavy atom. The highest BCUT2D eigenvalue weighted by atomic mass is 16.2. The van der Waals surface area contributed by atoms with Crippen LogP contribution in [0.4, 0.5) is 0 Å². The minimum absolute atomic E-state index is 0.0836. The number of rotatable bonds is 3. The molecular weight excluding hydrogens is 210 g/mol. The lowest BCUT2D eigenvalue weighted by atomic mass is 10.0. The largest absolute Gasteiger partial charge is 0.334 e. The quantitative estimate of drug-likeness (QED) is 0.727. The molecule has 1 aromatic carbocycles. The van der Waals surface area contributed by atoms with Crippen LogP contribution in [0, 0.1) is 18.3 Å². The summed E-state index contributed by atoms with van der Waals surface area (Å²) in [5.74, 6) is 2.96. The van der Waals surface area contributed by atoms with E-state index in [2.05, 4.69) is 25.0 Å². The Morgan fingerprint density at radius 2 is 2.18 bits per heavy atom. The molecule has 1 aromatic rings. The van der Waals surface area contributed by atoms with Crippen LogP contribution < -0.4 is 0 Å². The number of nitrogens with zero attached hydrogens (tertiary/aromatic N) is 1. The monoisotopic (exact) mass is 227 g/mol. The number of carbonyl (C=O) groups is 1. The van der Waals surface area contributed by atoms with Crippen LogP contribution >= 0.6 is 0 Å². The van der Waals surface area contributed by atoms with Gasteiger partial charge in [-0.05, 0) is 12.0 Å². The summed E-state index contributed by atoms with van der Waals surface area (Å²) in [6.07, 6.45) is 6.83. The first-order valence-electron chi connectivity index (χ1n) is 6.06. The average Bonchev–Trinajstić information content (AvgIpc) is 2.73. The molecule has 1 fully saturated rings. The Balaban J connectivity index is 2.21. The first kappa shape index (κ1) is 11.7. The molecule has 0 aromatic heterocycles. The molecule has 2 rings (SSSR count). The second-order valence-electron chi connectivity index (χ2n) is 4.45. The summed E-state index contributed by atoms with van der Waals surface area (Å²) in [4.78, 5) is 13.9. The van der Waals surface area contributed by atoms with Crippen LogP contribution in [0.2, 0.25) is 0 Å². The van der Waals surface area contributed by atoms with Gasteiger partial charge in [0.05, 0.1) is 6.04 Å². The third kappa shape index (κ3) is 2.34. The van der Waals surface area contributed by atoms with Gasteiger partial charge in [0.15, 0.2) is 0 Å². The van der Waals surface area contributed by atoms with Crippen molar-refractivity contribution in [3.63, 3.8) is 0 Å². The van der Waals surface area contributed by atoms with Crippen molar-refractivity contribution in [2.75, 3.05) is 6.54 Å². The maximum Gasteiger partial charge on any atom is 0.224 e. The van der Waals surface area contributed by atoms with Gasteiger partial charge in [0.1, 0.15) is 0 Å². The van der Waals surface area contributed by atoms with Crippen LogP contribution in [0.1, 0.15) is 31.4 Å². The van der Waals surface area contributed by atoms with E-state index in [9.17, 15) is 4.79 Å². The molecule has 0 N–H and O–H groups in total. The molecule has 88 valence electrons. The summed E-state index contributed by atoms with van der Waals surface area (Å²) in [5, 5.41) is 0. The van der Waals surface area contributed by atoms with Gasteiger partial charge in [-0.1, -0.05) is 37.3 Å². The molecule has 1 unspecified atom stereocenters. The Morgan fingerprint density at radius 1 is 1.47 bits per heavy atom. The highest BCUT2D eigenvalue weighted by Crippen LogP contribution is 2.30. The lowest BCUT2D eigenvalue weighted by Crippen LogP contribution is -2.29. The molecule has 1 amide bonds. The zero-order valence-electron chi connectivity index (χ0n) is 10.1. The molecule has 0 aliphatic carbocycles. The number of benzene rings is 1. The molecule has 0 radical (unpaired) electrons. The molecule has 2 nitrogen and oxygen atoms in total. The van der Waals surface area contributed by atoms with Gasteiger partial charge in [-0.3, -0.25) is 4.79 Å². The van der Waals surface area contributed by atoms with Crippen LogP contribution in [0.5, 0.6) is 0 Å². The van der Waals surface area contributed by atoms with Crippen molar-refractivity contribution < 1.29 is 4.79 Å². The molecule has 0 bridgehead atoms. The first-order valence-corrected chi connectivity index (χ1v) is 6.06. The van der Waals surface area contributed by atoms with E-state index in [0.29, 0.717) is 13.0 Å². The zero-order chi connectivity index (χ0) is 12.3. The summed E-state index contributed by atoms with van der Waals surface area (Å²) in [6, 6.07) is 10.3. The molecule has 0 spiro atoms. The molecule has 1 saturated heterocycles. The standard InChI is InChI=1S/C15H17NO/c1-3-12-10-15(17)16(11-12)14(4-2)13-8-6-5-7-9-13/h1,5-9,12,14H,4,10-11H2,2H3/t12?,14-/m0/s1. The van der Waals surface area contributed by atoms with Crippen molar-refractivity contribution in [2.24, 2.45) is 5.92 Å². The van der Waals surface area contributed by atoms with Gasteiger partial charge >= 0.3 is 0 Å². The van der Waals surface area contributed by atoms with E-state index in [1.54, 1.807) is 0 Å². The SMILES string of the molecule is C#CC1CC(=O)N([C@@H](CC)c2ccccc2)C1. The first-order chi connectivity index (χ1) is 8.26. The van der Waals surface area contributed by atoms with E-state index in [1.165, 1.54) is 5.56 Å². The van der Waals surface area contributed by atoms with Crippen molar-refractivity contribution >= 4 is 5.91 Å². The van der Waals surface area contributed by atoms with Gasteiger partial charge in [0.25, 0.3) is 0 Å². The zero-order valence-corrected chi connectivity index (χ0v) is 10.1. The molecule has 1 heterocycles. The van der Waals surface area contributed by atoms with E-state index in [1.807, 2.05) is 23.1 Å². The van der Waals surface area contributed by atoms with Gasteiger partial charge in [0, 0.05) is 18.9 Å². The van der Waals surface area contributed by atoms with Crippen LogP contribution in [0.3, 0.4) is 0 Å². The van der Waals surface area contributed by atoms with Gasteiger partial charge in [-0.2, -0.15) is 0 Å². The Bertz CT molecular complexity index is 432. The van der Waals surface area contributed by atoms with Crippen LogP contribution in [0.15, 0.2) is 30.3 Å². The van der Waals surface area contributed by atoms with Crippen LogP contribution in [-0.4, -0.2) is 17.4 Å². The highest BCUT2D eigenvalue weighted by molar-refractivity contribution is 5.79. The van der Waals surface area contributed by atoms with Gasteiger partial charge in [-0.25, -0.2) is 0 Å². The molecule has 2 atom stereocenters.